The van der Waals surface area contributed by atoms with E-state index in [9.17, 15) is 4.79 Å². The lowest BCUT2D eigenvalue weighted by Crippen LogP contribution is -2.16. The molecule has 1 aromatic carbocycles. The van der Waals surface area contributed by atoms with Crippen molar-refractivity contribution in [3.63, 3.8) is 0 Å². The van der Waals surface area contributed by atoms with Gasteiger partial charge in [0.1, 0.15) is 17.3 Å². The molecule has 8 heteroatoms. The first-order valence-corrected chi connectivity index (χ1v) is 9.81. The van der Waals surface area contributed by atoms with Crippen LogP contribution in [0.1, 0.15) is 22.1 Å². The minimum Gasteiger partial charge on any atom is -0.497 e. The molecule has 0 aliphatic carbocycles. The number of amides is 1. The number of benzene rings is 1. The molecule has 0 saturated carbocycles. The molecule has 2 aromatic heterocycles. The van der Waals surface area contributed by atoms with E-state index in [0.29, 0.717) is 28.9 Å². The van der Waals surface area contributed by atoms with Crippen molar-refractivity contribution in [3.8, 4) is 17.3 Å². The fraction of sp³-hybridized carbons (Fsp3) is 0.250. The normalized spacial score (nSPS) is 16.1. The third kappa shape index (κ3) is 3.31. The number of rotatable bonds is 4. The lowest BCUT2D eigenvalue weighted by molar-refractivity contribution is -0.113. The Kier molecular flexibility index (Phi) is 4.95. The Balaban J connectivity index is 1.89. The summed E-state index contributed by atoms with van der Waals surface area (Å²) in [5, 5.41) is 7.57. The van der Waals surface area contributed by atoms with Crippen molar-refractivity contribution >= 4 is 23.5 Å². The summed E-state index contributed by atoms with van der Waals surface area (Å²) in [5.41, 5.74) is 2.78. The summed E-state index contributed by atoms with van der Waals surface area (Å²) in [5.74, 6) is 2.98. The van der Waals surface area contributed by atoms with E-state index in [1.54, 1.807) is 36.9 Å². The number of aryl methyl sites for hydroxylation is 1. The van der Waals surface area contributed by atoms with Gasteiger partial charge in [-0.05, 0) is 36.8 Å². The molecule has 1 aliphatic heterocycles. The molecule has 1 atom stereocenters. The van der Waals surface area contributed by atoms with Gasteiger partial charge in [0, 0.05) is 17.8 Å². The first kappa shape index (κ1) is 18.4. The Morgan fingerprint density at radius 2 is 1.93 bits per heavy atom. The fourth-order valence-corrected chi connectivity index (χ4v) is 4.44. The van der Waals surface area contributed by atoms with Crippen LogP contribution in [-0.2, 0) is 4.79 Å². The Morgan fingerprint density at radius 1 is 1.18 bits per heavy atom. The molecule has 7 nitrogen and oxygen atoms in total. The molecule has 0 radical (unpaired) electrons. The number of nitrogens with zero attached hydrogens (tertiary/aromatic N) is 3. The maximum Gasteiger partial charge on any atom is 0.235 e. The zero-order chi connectivity index (χ0) is 19.7. The van der Waals surface area contributed by atoms with Crippen molar-refractivity contribution in [1.29, 1.82) is 0 Å². The highest BCUT2D eigenvalue weighted by atomic mass is 32.2. The van der Waals surface area contributed by atoms with Gasteiger partial charge >= 0.3 is 0 Å². The fourth-order valence-electron chi connectivity index (χ4n) is 3.27. The number of carbonyl (C=O) groups is 1. The van der Waals surface area contributed by atoms with E-state index < -0.39 is 0 Å². The first-order valence-electron chi connectivity index (χ1n) is 8.76. The van der Waals surface area contributed by atoms with Crippen molar-refractivity contribution in [1.82, 2.24) is 14.8 Å². The third-order valence-electron chi connectivity index (χ3n) is 4.55. The molecular formula is C20H20N4O3S. The summed E-state index contributed by atoms with van der Waals surface area (Å²) < 4.78 is 12.6. The number of ether oxygens (including phenoxy) is 2. The lowest BCUT2D eigenvalue weighted by Gasteiger charge is -2.17. The maximum atomic E-state index is 12.4. The number of aromatic nitrogens is 3. The van der Waals surface area contributed by atoms with Crippen LogP contribution in [0.15, 0.2) is 42.6 Å². The van der Waals surface area contributed by atoms with Crippen molar-refractivity contribution in [3.05, 3.63) is 59.4 Å². The van der Waals surface area contributed by atoms with Gasteiger partial charge in [0.2, 0.25) is 5.91 Å². The summed E-state index contributed by atoms with van der Waals surface area (Å²) in [6.45, 7) is 1.95. The summed E-state index contributed by atoms with van der Waals surface area (Å²) in [4.78, 5) is 16.8. The van der Waals surface area contributed by atoms with Crippen LogP contribution >= 0.6 is 11.8 Å². The number of carbonyl (C=O) groups excluding carboxylic acids is 1. The highest BCUT2D eigenvalue weighted by molar-refractivity contribution is 8.00. The molecule has 144 valence electrons. The quantitative estimate of drug-likeness (QED) is 0.729. The van der Waals surface area contributed by atoms with Crippen LogP contribution in [0.5, 0.6) is 11.5 Å². The van der Waals surface area contributed by atoms with E-state index in [-0.39, 0.29) is 11.2 Å². The predicted molar refractivity (Wildman–Crippen MR) is 109 cm³/mol. The number of anilines is 1. The zero-order valence-corrected chi connectivity index (χ0v) is 16.6. The van der Waals surface area contributed by atoms with Crippen molar-refractivity contribution < 1.29 is 14.3 Å². The molecule has 1 amide bonds. The van der Waals surface area contributed by atoms with Crippen LogP contribution in [0.3, 0.4) is 0 Å². The molecule has 0 spiro atoms. The van der Waals surface area contributed by atoms with E-state index in [0.717, 1.165) is 16.8 Å². The van der Waals surface area contributed by atoms with Crippen LogP contribution in [0.4, 0.5) is 5.82 Å². The Labute approximate surface area is 167 Å². The molecule has 0 fully saturated rings. The second kappa shape index (κ2) is 7.55. The minimum atomic E-state index is -0.101. The van der Waals surface area contributed by atoms with Gasteiger partial charge in [-0.15, -0.1) is 11.8 Å². The van der Waals surface area contributed by atoms with E-state index in [1.165, 1.54) is 0 Å². The van der Waals surface area contributed by atoms with Crippen LogP contribution < -0.4 is 14.8 Å². The van der Waals surface area contributed by atoms with E-state index >= 15 is 0 Å². The van der Waals surface area contributed by atoms with Gasteiger partial charge < -0.3 is 14.8 Å². The SMILES string of the molecule is COc1cc(OC)cc([C@H]2SCC(=O)Nc3c2c(C)nn3-c2ccccn2)c1. The molecule has 0 bridgehead atoms. The molecule has 4 rings (SSSR count). The van der Waals surface area contributed by atoms with Crippen LogP contribution in [0.2, 0.25) is 0 Å². The van der Waals surface area contributed by atoms with Gasteiger partial charge in [0.25, 0.3) is 0 Å². The number of nitrogens with one attached hydrogen (secondary N) is 1. The van der Waals surface area contributed by atoms with Crippen molar-refractivity contribution in [2.45, 2.75) is 12.2 Å². The zero-order valence-electron chi connectivity index (χ0n) is 15.8. The number of fused-ring (bicyclic) bond motifs is 1. The van der Waals surface area contributed by atoms with Gasteiger partial charge in [0.15, 0.2) is 5.82 Å². The third-order valence-corrected chi connectivity index (χ3v) is 5.82. The monoisotopic (exact) mass is 396 g/mol. The second-order valence-electron chi connectivity index (χ2n) is 6.33. The minimum absolute atomic E-state index is 0.0688. The van der Waals surface area contributed by atoms with Crippen LogP contribution in [0, 0.1) is 6.92 Å². The number of methoxy groups -OCH3 is 2. The summed E-state index contributed by atoms with van der Waals surface area (Å²) in [6.07, 6.45) is 1.70. The van der Waals surface area contributed by atoms with Crippen LogP contribution in [0.25, 0.3) is 5.82 Å². The largest absolute Gasteiger partial charge is 0.497 e. The number of hydrogen-bond donors (Lipinski definition) is 1. The van der Waals surface area contributed by atoms with E-state index in [2.05, 4.69) is 15.4 Å². The van der Waals surface area contributed by atoms with Gasteiger partial charge in [-0.1, -0.05) is 6.07 Å². The number of pyridine rings is 1. The molecule has 1 N–H and O–H groups in total. The summed E-state index contributed by atoms with van der Waals surface area (Å²) in [6, 6.07) is 11.4. The molecule has 0 unspecified atom stereocenters. The molecule has 3 heterocycles. The molecule has 3 aromatic rings. The van der Waals surface area contributed by atoms with Gasteiger partial charge in [-0.25, -0.2) is 4.98 Å². The molecule has 0 saturated heterocycles. The van der Waals surface area contributed by atoms with Gasteiger partial charge in [-0.2, -0.15) is 9.78 Å². The Hall–Kier alpha value is -3.00. The van der Waals surface area contributed by atoms with Crippen molar-refractivity contribution in [2.24, 2.45) is 0 Å². The summed E-state index contributed by atoms with van der Waals surface area (Å²) in [7, 11) is 3.25. The first-order chi connectivity index (χ1) is 13.6. The van der Waals surface area contributed by atoms with Gasteiger partial charge in [-0.3, -0.25) is 4.79 Å². The summed E-state index contributed by atoms with van der Waals surface area (Å²) >= 11 is 1.55. The van der Waals surface area contributed by atoms with Crippen molar-refractivity contribution in [2.75, 3.05) is 25.3 Å². The smallest absolute Gasteiger partial charge is 0.235 e. The standard InChI is InChI=1S/C20H20N4O3S/c1-12-18-19(13-8-14(26-2)10-15(9-13)27-3)28-11-17(25)22-20(18)24(23-12)16-6-4-5-7-21-16/h4-10,19H,11H2,1-3H3,(H,22,25)/t19-/m1/s1. The Morgan fingerprint density at radius 3 is 2.57 bits per heavy atom. The van der Waals surface area contributed by atoms with Gasteiger partial charge in [0.05, 0.1) is 30.9 Å². The topological polar surface area (TPSA) is 78.3 Å². The number of thioether (sulfide) groups is 1. The predicted octanol–water partition coefficient (Wildman–Crippen LogP) is 3.37. The van der Waals surface area contributed by atoms with E-state index in [1.807, 2.05) is 43.3 Å². The molecule has 1 aliphatic rings. The maximum absolute atomic E-state index is 12.4. The Bertz CT molecular complexity index is 998. The second-order valence-corrected chi connectivity index (χ2v) is 7.43. The molecule has 28 heavy (non-hydrogen) atoms. The molecular weight excluding hydrogens is 376 g/mol. The van der Waals surface area contributed by atoms with E-state index in [4.69, 9.17) is 9.47 Å². The average molecular weight is 396 g/mol. The van der Waals surface area contributed by atoms with Crippen LogP contribution in [-0.4, -0.2) is 40.6 Å². The highest BCUT2D eigenvalue weighted by Gasteiger charge is 2.31. The number of hydrogen-bond acceptors (Lipinski definition) is 6. The lowest BCUT2D eigenvalue weighted by atomic mass is 10.0. The highest BCUT2D eigenvalue weighted by Crippen LogP contribution is 2.45. The average Bonchev–Trinajstić information content (AvgIpc) is 2.93.